The first-order valence-corrected chi connectivity index (χ1v) is 10.8. The van der Waals surface area contributed by atoms with Gasteiger partial charge in [0.05, 0.1) is 19.8 Å². The Morgan fingerprint density at radius 3 is 2.30 bits per heavy atom. The quantitative estimate of drug-likeness (QED) is 0.638. The Balaban J connectivity index is 1.70. The number of fused-ring (bicyclic) bond motifs is 1. The van der Waals surface area contributed by atoms with Crippen LogP contribution in [-0.2, 0) is 6.42 Å². The zero-order valence-electron chi connectivity index (χ0n) is 18.4. The SMILES string of the molecule is CCOc1cc(C(=O)NCCN2c3ccccc3CC2C)cc(OCC)c1OCC. The van der Waals surface area contributed by atoms with E-state index >= 15 is 0 Å². The largest absolute Gasteiger partial charge is 0.490 e. The molecule has 162 valence electrons. The molecule has 0 aliphatic carbocycles. The van der Waals surface area contributed by atoms with Gasteiger partial charge in [0.1, 0.15) is 0 Å². The lowest BCUT2D eigenvalue weighted by Gasteiger charge is -2.25. The first-order chi connectivity index (χ1) is 14.6. The predicted molar refractivity (Wildman–Crippen MR) is 119 cm³/mol. The molecule has 3 rings (SSSR count). The van der Waals surface area contributed by atoms with E-state index in [0.29, 0.717) is 55.2 Å². The summed E-state index contributed by atoms with van der Waals surface area (Å²) in [5.41, 5.74) is 3.13. The van der Waals surface area contributed by atoms with Crippen molar-refractivity contribution < 1.29 is 19.0 Å². The fraction of sp³-hybridized carbons (Fsp3) is 0.458. The van der Waals surface area contributed by atoms with Crippen molar-refractivity contribution in [2.24, 2.45) is 0 Å². The topological polar surface area (TPSA) is 60.0 Å². The second-order valence-corrected chi connectivity index (χ2v) is 7.23. The molecule has 30 heavy (non-hydrogen) atoms. The van der Waals surface area contributed by atoms with Gasteiger partial charge in [-0.25, -0.2) is 0 Å². The fourth-order valence-corrected chi connectivity index (χ4v) is 3.88. The number of hydrogen-bond donors (Lipinski definition) is 1. The molecular formula is C24H32N2O4. The molecule has 0 saturated carbocycles. The minimum absolute atomic E-state index is 0.153. The Morgan fingerprint density at radius 1 is 1.03 bits per heavy atom. The Morgan fingerprint density at radius 2 is 1.67 bits per heavy atom. The normalized spacial score (nSPS) is 14.9. The lowest BCUT2D eigenvalue weighted by atomic mass is 10.1. The summed E-state index contributed by atoms with van der Waals surface area (Å²) in [4.78, 5) is 15.2. The van der Waals surface area contributed by atoms with Gasteiger partial charge < -0.3 is 24.4 Å². The van der Waals surface area contributed by atoms with E-state index in [4.69, 9.17) is 14.2 Å². The lowest BCUT2D eigenvalue weighted by Crippen LogP contribution is -2.37. The van der Waals surface area contributed by atoms with Crippen LogP contribution >= 0.6 is 0 Å². The van der Waals surface area contributed by atoms with E-state index < -0.39 is 0 Å². The third-order valence-corrected chi connectivity index (χ3v) is 5.16. The minimum Gasteiger partial charge on any atom is -0.490 e. The van der Waals surface area contributed by atoms with Gasteiger partial charge in [0.15, 0.2) is 11.5 Å². The molecule has 0 spiro atoms. The minimum atomic E-state index is -0.153. The first-order valence-electron chi connectivity index (χ1n) is 10.8. The highest BCUT2D eigenvalue weighted by Gasteiger charge is 2.25. The van der Waals surface area contributed by atoms with Crippen molar-refractivity contribution in [2.75, 3.05) is 37.8 Å². The Labute approximate surface area is 179 Å². The molecule has 0 aromatic heterocycles. The third kappa shape index (κ3) is 4.81. The molecular weight excluding hydrogens is 380 g/mol. The van der Waals surface area contributed by atoms with Crippen molar-refractivity contribution in [1.82, 2.24) is 5.32 Å². The van der Waals surface area contributed by atoms with E-state index in [1.807, 2.05) is 20.8 Å². The molecule has 1 atom stereocenters. The number of carbonyl (C=O) groups excluding carboxylic acids is 1. The fourth-order valence-electron chi connectivity index (χ4n) is 3.88. The highest BCUT2D eigenvalue weighted by molar-refractivity contribution is 5.95. The van der Waals surface area contributed by atoms with Crippen LogP contribution in [0.4, 0.5) is 5.69 Å². The number of nitrogens with one attached hydrogen (secondary N) is 1. The number of rotatable bonds is 10. The summed E-state index contributed by atoms with van der Waals surface area (Å²) in [6, 6.07) is 12.3. The highest BCUT2D eigenvalue weighted by Crippen LogP contribution is 2.39. The van der Waals surface area contributed by atoms with Crippen LogP contribution in [0.1, 0.15) is 43.6 Å². The maximum Gasteiger partial charge on any atom is 0.251 e. The molecule has 2 aromatic rings. The molecule has 1 unspecified atom stereocenters. The van der Waals surface area contributed by atoms with Gasteiger partial charge in [0.2, 0.25) is 5.75 Å². The summed E-state index contributed by atoms with van der Waals surface area (Å²) in [5, 5.41) is 3.03. The molecule has 0 fully saturated rings. The summed E-state index contributed by atoms with van der Waals surface area (Å²) in [7, 11) is 0. The average Bonchev–Trinajstić information content (AvgIpc) is 3.05. The third-order valence-electron chi connectivity index (χ3n) is 5.16. The van der Waals surface area contributed by atoms with Crippen LogP contribution in [0.25, 0.3) is 0 Å². The molecule has 1 N–H and O–H groups in total. The van der Waals surface area contributed by atoms with E-state index in [2.05, 4.69) is 41.4 Å². The van der Waals surface area contributed by atoms with Gasteiger partial charge >= 0.3 is 0 Å². The van der Waals surface area contributed by atoms with Crippen LogP contribution in [0.3, 0.4) is 0 Å². The average molecular weight is 413 g/mol. The summed E-state index contributed by atoms with van der Waals surface area (Å²) < 4.78 is 17.1. The molecule has 1 heterocycles. The Hall–Kier alpha value is -2.89. The summed E-state index contributed by atoms with van der Waals surface area (Å²) in [5.74, 6) is 1.44. The monoisotopic (exact) mass is 412 g/mol. The van der Waals surface area contributed by atoms with Crippen LogP contribution in [0.2, 0.25) is 0 Å². The van der Waals surface area contributed by atoms with Crippen molar-refractivity contribution in [1.29, 1.82) is 0 Å². The molecule has 6 heteroatoms. The van der Waals surface area contributed by atoms with Gasteiger partial charge in [-0.3, -0.25) is 4.79 Å². The molecule has 1 amide bonds. The van der Waals surface area contributed by atoms with Gasteiger partial charge in [0, 0.05) is 30.4 Å². The van der Waals surface area contributed by atoms with Crippen molar-refractivity contribution in [2.45, 2.75) is 40.2 Å². The Kier molecular flexibility index (Phi) is 7.44. The van der Waals surface area contributed by atoms with E-state index in [1.165, 1.54) is 11.3 Å². The van der Waals surface area contributed by atoms with E-state index in [0.717, 1.165) is 13.0 Å². The van der Waals surface area contributed by atoms with Crippen LogP contribution in [0.5, 0.6) is 17.2 Å². The maximum absolute atomic E-state index is 12.8. The van der Waals surface area contributed by atoms with Crippen molar-refractivity contribution >= 4 is 11.6 Å². The summed E-state index contributed by atoms with van der Waals surface area (Å²) in [6.45, 7) is 10.7. The van der Waals surface area contributed by atoms with Crippen LogP contribution in [-0.4, -0.2) is 44.9 Å². The van der Waals surface area contributed by atoms with Gasteiger partial charge in [0.25, 0.3) is 5.91 Å². The second kappa shape index (κ2) is 10.2. The van der Waals surface area contributed by atoms with Crippen molar-refractivity contribution in [3.63, 3.8) is 0 Å². The number of carbonyl (C=O) groups is 1. The molecule has 0 bridgehead atoms. The highest BCUT2D eigenvalue weighted by atomic mass is 16.5. The van der Waals surface area contributed by atoms with Crippen LogP contribution < -0.4 is 24.4 Å². The van der Waals surface area contributed by atoms with Crippen LogP contribution in [0, 0.1) is 0 Å². The standard InChI is InChI=1S/C24H32N2O4/c1-5-28-21-15-19(16-22(29-6-2)23(21)30-7-3)24(27)25-12-13-26-17(4)14-18-10-8-9-11-20(18)26/h8-11,15-17H,5-7,12-14H2,1-4H3,(H,25,27). The number of nitrogens with zero attached hydrogens (tertiary/aromatic N) is 1. The van der Waals surface area contributed by atoms with E-state index in [-0.39, 0.29) is 5.91 Å². The van der Waals surface area contributed by atoms with E-state index in [9.17, 15) is 4.79 Å². The van der Waals surface area contributed by atoms with Gasteiger partial charge in [-0.05, 0) is 57.9 Å². The summed E-state index contributed by atoms with van der Waals surface area (Å²) in [6.07, 6.45) is 1.04. The lowest BCUT2D eigenvalue weighted by molar-refractivity contribution is 0.0953. The van der Waals surface area contributed by atoms with E-state index in [1.54, 1.807) is 12.1 Å². The van der Waals surface area contributed by atoms with Gasteiger partial charge in [-0.15, -0.1) is 0 Å². The molecule has 6 nitrogen and oxygen atoms in total. The maximum atomic E-state index is 12.8. The zero-order chi connectivity index (χ0) is 21.5. The number of amides is 1. The number of para-hydroxylation sites is 1. The molecule has 0 saturated heterocycles. The predicted octanol–water partition coefficient (Wildman–Crippen LogP) is 4.06. The number of anilines is 1. The number of benzene rings is 2. The zero-order valence-corrected chi connectivity index (χ0v) is 18.4. The molecule has 1 aliphatic heterocycles. The number of hydrogen-bond acceptors (Lipinski definition) is 5. The van der Waals surface area contributed by atoms with Crippen LogP contribution in [0.15, 0.2) is 36.4 Å². The van der Waals surface area contributed by atoms with Gasteiger partial charge in [-0.2, -0.15) is 0 Å². The van der Waals surface area contributed by atoms with Gasteiger partial charge in [-0.1, -0.05) is 18.2 Å². The molecule has 0 radical (unpaired) electrons. The number of ether oxygens (including phenoxy) is 3. The smallest absolute Gasteiger partial charge is 0.251 e. The Bertz CT molecular complexity index is 841. The molecule has 2 aromatic carbocycles. The second-order valence-electron chi connectivity index (χ2n) is 7.23. The van der Waals surface area contributed by atoms with Crippen molar-refractivity contribution in [3.8, 4) is 17.2 Å². The molecule has 1 aliphatic rings. The summed E-state index contributed by atoms with van der Waals surface area (Å²) >= 11 is 0. The first kappa shape index (κ1) is 21.8. The van der Waals surface area contributed by atoms with Crippen molar-refractivity contribution in [3.05, 3.63) is 47.5 Å².